The minimum Gasteiger partial charge on any atom is -0.363 e. The van der Waals surface area contributed by atoms with Crippen LogP contribution in [0.1, 0.15) is 35.3 Å². The number of rotatable bonds is 12. The number of hydrogen-bond acceptors (Lipinski definition) is 6. The van der Waals surface area contributed by atoms with Crippen LogP contribution in [0.15, 0.2) is 85.2 Å². The molecule has 0 saturated heterocycles. The van der Waals surface area contributed by atoms with Crippen molar-refractivity contribution in [1.29, 1.82) is 0 Å². The number of nitrogens with two attached hydrogens (primary N) is 1. The van der Waals surface area contributed by atoms with Gasteiger partial charge >= 0.3 is 0 Å². The van der Waals surface area contributed by atoms with Crippen LogP contribution >= 0.6 is 12.4 Å². The number of benzene rings is 2. The number of pyridine rings is 1. The van der Waals surface area contributed by atoms with Crippen LogP contribution in [0.3, 0.4) is 0 Å². The van der Waals surface area contributed by atoms with Crippen molar-refractivity contribution in [2.45, 2.75) is 32.9 Å². The average molecular weight is 561 g/mol. The molecule has 10 heteroatoms. The van der Waals surface area contributed by atoms with Gasteiger partial charge in [0.2, 0.25) is 5.78 Å². The highest BCUT2D eigenvalue weighted by molar-refractivity contribution is 6.38. The molecule has 1 unspecified atom stereocenters. The molecule has 0 aliphatic heterocycles. The molecular weight excluding hydrogens is 528 g/mol. The first-order valence-electron chi connectivity index (χ1n) is 12.9. The van der Waals surface area contributed by atoms with Crippen LogP contribution in [0.25, 0.3) is 17.1 Å². The molecule has 0 saturated carbocycles. The molecule has 2 aromatic carbocycles. The summed E-state index contributed by atoms with van der Waals surface area (Å²) < 4.78 is 1.52. The maximum absolute atomic E-state index is 13.3. The third-order valence-electron chi connectivity index (χ3n) is 6.54. The topological polar surface area (TPSA) is 123 Å². The van der Waals surface area contributed by atoms with E-state index in [-0.39, 0.29) is 24.4 Å². The number of nitrogens with one attached hydrogen (secondary N) is 1. The van der Waals surface area contributed by atoms with Gasteiger partial charge in [-0.2, -0.15) is 5.10 Å². The molecule has 0 bridgehead atoms. The molecule has 1 atom stereocenters. The fourth-order valence-corrected chi connectivity index (χ4v) is 4.31. The standard InChI is InChI=1S/C30H32N6O3.ClH/c1-3-35(4-2)20-22-12-14-23(15-13-22)25-16-18-36(34-25)29-24(11-8-17-32-29)30(39)33-26(27(37)28(31)38)19-21-9-6-5-7-10-21;/h5-18,26H,3-4,19-20H2,1-2H3,(H2,31,38)(H,33,39);1H. The Morgan fingerprint density at radius 1 is 0.925 bits per heavy atom. The second-order valence-electron chi connectivity index (χ2n) is 9.12. The SMILES string of the molecule is CCN(CC)Cc1ccc(-c2ccn(-c3ncccc3C(=O)NC(Cc3ccccc3)C(=O)C(N)=O)n2)cc1.Cl. The van der Waals surface area contributed by atoms with Gasteiger partial charge in [0.15, 0.2) is 5.82 Å². The molecule has 0 aliphatic carbocycles. The summed E-state index contributed by atoms with van der Waals surface area (Å²) in [4.78, 5) is 44.2. The molecule has 0 spiro atoms. The molecule has 0 radical (unpaired) electrons. The number of nitrogens with zero attached hydrogens (tertiary/aromatic N) is 4. The lowest BCUT2D eigenvalue weighted by Crippen LogP contribution is -2.47. The predicted octanol–water partition coefficient (Wildman–Crippen LogP) is 3.59. The molecule has 4 aromatic rings. The number of carbonyl (C=O) groups is 3. The van der Waals surface area contributed by atoms with Crippen molar-refractivity contribution < 1.29 is 14.4 Å². The Bertz CT molecular complexity index is 1440. The molecule has 2 amide bonds. The zero-order valence-electron chi connectivity index (χ0n) is 22.5. The third-order valence-corrected chi connectivity index (χ3v) is 6.54. The summed E-state index contributed by atoms with van der Waals surface area (Å²) >= 11 is 0. The summed E-state index contributed by atoms with van der Waals surface area (Å²) in [6.07, 6.45) is 3.42. The fraction of sp³-hybridized carbons (Fsp3) is 0.233. The molecule has 208 valence electrons. The first-order chi connectivity index (χ1) is 18.9. The van der Waals surface area contributed by atoms with Gasteiger partial charge in [0.05, 0.1) is 11.3 Å². The smallest absolute Gasteiger partial charge is 0.287 e. The van der Waals surface area contributed by atoms with Crippen LogP contribution in [0.4, 0.5) is 0 Å². The zero-order valence-corrected chi connectivity index (χ0v) is 23.3. The summed E-state index contributed by atoms with van der Waals surface area (Å²) in [6, 6.07) is 21.3. The number of ketones is 1. The summed E-state index contributed by atoms with van der Waals surface area (Å²) in [5.74, 6) is -2.25. The molecular formula is C30H33ClN6O3. The number of hydrogen-bond donors (Lipinski definition) is 2. The van der Waals surface area contributed by atoms with Gasteiger partial charge in [-0.05, 0) is 42.4 Å². The normalized spacial score (nSPS) is 11.5. The summed E-state index contributed by atoms with van der Waals surface area (Å²) in [6.45, 7) is 7.17. The van der Waals surface area contributed by atoms with Crippen LogP contribution in [0, 0.1) is 0 Å². The Kier molecular flexibility index (Phi) is 10.7. The van der Waals surface area contributed by atoms with E-state index in [1.165, 1.54) is 10.2 Å². The lowest BCUT2D eigenvalue weighted by atomic mass is 10.0. The minimum absolute atomic E-state index is 0. The highest BCUT2D eigenvalue weighted by atomic mass is 35.5. The van der Waals surface area contributed by atoms with Crippen molar-refractivity contribution >= 4 is 30.0 Å². The maximum Gasteiger partial charge on any atom is 0.287 e. The molecule has 4 rings (SSSR count). The molecule has 0 fully saturated rings. The largest absolute Gasteiger partial charge is 0.363 e. The Hall–Kier alpha value is -4.34. The summed E-state index contributed by atoms with van der Waals surface area (Å²) in [5, 5.41) is 7.32. The molecule has 2 aromatic heterocycles. The second kappa shape index (κ2) is 14.2. The number of amides is 2. The van der Waals surface area contributed by atoms with E-state index in [0.717, 1.165) is 36.5 Å². The van der Waals surface area contributed by atoms with E-state index in [9.17, 15) is 14.4 Å². The highest BCUT2D eigenvalue weighted by Gasteiger charge is 2.27. The van der Waals surface area contributed by atoms with Gasteiger partial charge in [-0.15, -0.1) is 12.4 Å². The van der Waals surface area contributed by atoms with Gasteiger partial charge in [0, 0.05) is 30.9 Å². The van der Waals surface area contributed by atoms with Crippen LogP contribution < -0.4 is 11.1 Å². The van der Waals surface area contributed by atoms with E-state index in [4.69, 9.17) is 5.73 Å². The minimum atomic E-state index is -1.12. The monoisotopic (exact) mass is 560 g/mol. The van der Waals surface area contributed by atoms with E-state index in [0.29, 0.717) is 5.82 Å². The second-order valence-corrected chi connectivity index (χ2v) is 9.12. The highest BCUT2D eigenvalue weighted by Crippen LogP contribution is 2.21. The molecule has 0 aliphatic rings. The van der Waals surface area contributed by atoms with E-state index in [1.807, 2.05) is 48.5 Å². The number of aromatic nitrogens is 3. The Morgan fingerprint density at radius 3 is 2.27 bits per heavy atom. The number of Topliss-reactive ketones (excluding diaryl/α,β-unsaturated/α-hetero) is 1. The average Bonchev–Trinajstić information content (AvgIpc) is 3.46. The predicted molar refractivity (Wildman–Crippen MR) is 156 cm³/mol. The first-order valence-corrected chi connectivity index (χ1v) is 12.9. The lowest BCUT2D eigenvalue weighted by molar-refractivity contribution is -0.137. The number of carbonyl (C=O) groups excluding carboxylic acids is 3. The van der Waals surface area contributed by atoms with E-state index in [1.54, 1.807) is 24.5 Å². The van der Waals surface area contributed by atoms with Gasteiger partial charge < -0.3 is 11.1 Å². The lowest BCUT2D eigenvalue weighted by Gasteiger charge is -2.18. The third kappa shape index (κ3) is 7.40. The maximum atomic E-state index is 13.3. The van der Waals surface area contributed by atoms with Crippen molar-refractivity contribution in [3.63, 3.8) is 0 Å². The van der Waals surface area contributed by atoms with E-state index >= 15 is 0 Å². The van der Waals surface area contributed by atoms with Gasteiger partial charge in [0.25, 0.3) is 11.8 Å². The number of primary amides is 1. The quantitative estimate of drug-likeness (QED) is 0.255. The van der Waals surface area contributed by atoms with Crippen LogP contribution in [0.5, 0.6) is 0 Å². The van der Waals surface area contributed by atoms with Gasteiger partial charge in [0.1, 0.15) is 6.04 Å². The van der Waals surface area contributed by atoms with Crippen molar-refractivity contribution in [2.75, 3.05) is 13.1 Å². The van der Waals surface area contributed by atoms with Crippen LogP contribution in [-0.2, 0) is 22.6 Å². The molecule has 9 nitrogen and oxygen atoms in total. The van der Waals surface area contributed by atoms with Crippen molar-refractivity contribution in [3.05, 3.63) is 102 Å². The Labute approximate surface area is 239 Å². The van der Waals surface area contributed by atoms with E-state index < -0.39 is 23.6 Å². The van der Waals surface area contributed by atoms with Crippen molar-refractivity contribution in [1.82, 2.24) is 25.0 Å². The molecule has 2 heterocycles. The van der Waals surface area contributed by atoms with Gasteiger partial charge in [-0.25, -0.2) is 9.67 Å². The van der Waals surface area contributed by atoms with Gasteiger partial charge in [-0.1, -0.05) is 68.4 Å². The number of halogens is 1. The fourth-order valence-electron chi connectivity index (χ4n) is 4.31. The molecule has 3 N–H and O–H groups in total. The Balaban J connectivity index is 0.00000441. The Morgan fingerprint density at radius 2 is 1.62 bits per heavy atom. The summed E-state index contributed by atoms with van der Waals surface area (Å²) in [5.41, 5.74) is 9.14. The zero-order chi connectivity index (χ0) is 27.8. The van der Waals surface area contributed by atoms with Crippen molar-refractivity contribution in [3.8, 4) is 17.1 Å². The van der Waals surface area contributed by atoms with Crippen LogP contribution in [0.2, 0.25) is 0 Å². The molecule has 40 heavy (non-hydrogen) atoms. The first kappa shape index (κ1) is 30.2. The van der Waals surface area contributed by atoms with E-state index in [2.05, 4.69) is 46.3 Å². The van der Waals surface area contributed by atoms with Crippen LogP contribution in [-0.4, -0.2) is 56.4 Å². The van der Waals surface area contributed by atoms with Gasteiger partial charge in [-0.3, -0.25) is 19.3 Å². The summed E-state index contributed by atoms with van der Waals surface area (Å²) in [7, 11) is 0. The van der Waals surface area contributed by atoms with Crippen molar-refractivity contribution in [2.24, 2.45) is 5.73 Å².